The average Bonchev–Trinajstić information content (AvgIpc) is 1.77. The molecule has 1 atom stereocenters. The maximum absolute atomic E-state index is 10.2. The number of ether oxygens (including phenoxy) is 1. The highest BCUT2D eigenvalue weighted by molar-refractivity contribution is 6.21. The summed E-state index contributed by atoms with van der Waals surface area (Å²) in [6.45, 7) is 1.77. The Balaban J connectivity index is 2.53. The first-order valence-electron chi connectivity index (χ1n) is 3.63. The summed E-state index contributed by atoms with van der Waals surface area (Å²) in [5.41, 5.74) is -0.590. The van der Waals surface area contributed by atoms with E-state index in [9.17, 15) is 4.79 Å². The summed E-state index contributed by atoms with van der Waals surface area (Å²) in [6, 6.07) is 0. The Morgan fingerprint density at radius 2 is 2.27 bits per heavy atom. The molecule has 1 saturated carbocycles. The van der Waals surface area contributed by atoms with E-state index in [2.05, 4.69) is 0 Å². The first-order valence-corrected chi connectivity index (χ1v) is 4.06. The standard InChI is InChI=1S/C7H11ClO3/c1-5(8)7(3-2-4-7)11-6(9)10/h5H,2-4H2,1H3,(H,9,10). The highest BCUT2D eigenvalue weighted by Gasteiger charge is 2.45. The minimum atomic E-state index is -1.22. The van der Waals surface area contributed by atoms with Crippen molar-refractivity contribution >= 4 is 17.8 Å². The summed E-state index contributed by atoms with van der Waals surface area (Å²) in [5.74, 6) is 0. The molecule has 1 unspecified atom stereocenters. The fourth-order valence-corrected chi connectivity index (χ4v) is 1.54. The molecule has 4 heteroatoms. The molecule has 0 aromatic carbocycles. The zero-order valence-electron chi connectivity index (χ0n) is 6.34. The monoisotopic (exact) mass is 178 g/mol. The number of carboxylic acid groups (broad SMARTS) is 1. The van der Waals surface area contributed by atoms with Crippen LogP contribution in [0.1, 0.15) is 26.2 Å². The van der Waals surface area contributed by atoms with Crippen LogP contribution in [0.2, 0.25) is 0 Å². The van der Waals surface area contributed by atoms with Crippen LogP contribution in [-0.4, -0.2) is 22.2 Å². The normalized spacial score (nSPS) is 23.5. The summed E-state index contributed by atoms with van der Waals surface area (Å²) in [7, 11) is 0. The summed E-state index contributed by atoms with van der Waals surface area (Å²) < 4.78 is 4.72. The van der Waals surface area contributed by atoms with Gasteiger partial charge in [-0.3, -0.25) is 0 Å². The lowest BCUT2D eigenvalue weighted by Gasteiger charge is -2.41. The Kier molecular flexibility index (Phi) is 2.28. The number of hydrogen-bond donors (Lipinski definition) is 1. The molecule has 1 aliphatic rings. The first kappa shape index (κ1) is 8.65. The fraction of sp³-hybridized carbons (Fsp3) is 0.857. The van der Waals surface area contributed by atoms with Crippen molar-refractivity contribution in [1.29, 1.82) is 0 Å². The molecule has 0 bridgehead atoms. The van der Waals surface area contributed by atoms with E-state index in [0.29, 0.717) is 0 Å². The molecule has 0 radical (unpaired) electrons. The van der Waals surface area contributed by atoms with E-state index in [1.165, 1.54) is 0 Å². The van der Waals surface area contributed by atoms with Crippen LogP contribution in [0.15, 0.2) is 0 Å². The van der Waals surface area contributed by atoms with Gasteiger partial charge >= 0.3 is 6.16 Å². The minimum absolute atomic E-state index is 0.229. The van der Waals surface area contributed by atoms with Crippen molar-refractivity contribution in [3.05, 3.63) is 0 Å². The van der Waals surface area contributed by atoms with Gasteiger partial charge in [-0.25, -0.2) is 4.79 Å². The van der Waals surface area contributed by atoms with Crippen molar-refractivity contribution in [1.82, 2.24) is 0 Å². The third kappa shape index (κ3) is 1.59. The van der Waals surface area contributed by atoms with Crippen LogP contribution in [0, 0.1) is 0 Å². The molecule has 1 rings (SSSR count). The highest BCUT2D eigenvalue weighted by atomic mass is 35.5. The van der Waals surface area contributed by atoms with Crippen molar-refractivity contribution in [2.45, 2.75) is 37.2 Å². The molecule has 0 aliphatic heterocycles. The van der Waals surface area contributed by atoms with Crippen LogP contribution in [0.3, 0.4) is 0 Å². The van der Waals surface area contributed by atoms with Gasteiger partial charge in [0.1, 0.15) is 5.60 Å². The third-order valence-corrected chi connectivity index (χ3v) is 2.61. The highest BCUT2D eigenvalue weighted by Crippen LogP contribution is 2.40. The Morgan fingerprint density at radius 1 is 1.73 bits per heavy atom. The minimum Gasteiger partial charge on any atom is -0.450 e. The summed E-state index contributed by atoms with van der Waals surface area (Å²) in [6.07, 6.45) is 1.29. The fourth-order valence-electron chi connectivity index (χ4n) is 1.28. The van der Waals surface area contributed by atoms with Gasteiger partial charge in [-0.15, -0.1) is 11.6 Å². The van der Waals surface area contributed by atoms with Gasteiger partial charge in [0.05, 0.1) is 5.38 Å². The quantitative estimate of drug-likeness (QED) is 0.521. The molecule has 64 valence electrons. The van der Waals surface area contributed by atoms with E-state index >= 15 is 0 Å². The zero-order chi connectivity index (χ0) is 8.48. The van der Waals surface area contributed by atoms with Crippen LogP contribution in [0.4, 0.5) is 4.79 Å². The van der Waals surface area contributed by atoms with Crippen molar-refractivity contribution < 1.29 is 14.6 Å². The van der Waals surface area contributed by atoms with Gasteiger partial charge in [0, 0.05) is 0 Å². The predicted molar refractivity (Wildman–Crippen MR) is 41.0 cm³/mol. The topological polar surface area (TPSA) is 46.5 Å². The Morgan fingerprint density at radius 3 is 2.36 bits per heavy atom. The summed E-state index contributed by atoms with van der Waals surface area (Å²) in [4.78, 5) is 10.2. The molecule has 0 aromatic heterocycles. The molecule has 0 amide bonds. The molecule has 1 aliphatic carbocycles. The largest absolute Gasteiger partial charge is 0.506 e. The second-order valence-electron chi connectivity index (χ2n) is 2.90. The van der Waals surface area contributed by atoms with Gasteiger partial charge in [0.2, 0.25) is 0 Å². The van der Waals surface area contributed by atoms with E-state index in [1.807, 2.05) is 0 Å². The van der Waals surface area contributed by atoms with Gasteiger partial charge < -0.3 is 9.84 Å². The Labute approximate surface area is 70.3 Å². The SMILES string of the molecule is CC(Cl)C1(OC(=O)O)CCC1. The van der Waals surface area contributed by atoms with Gasteiger partial charge in [-0.2, -0.15) is 0 Å². The van der Waals surface area contributed by atoms with E-state index in [4.69, 9.17) is 21.4 Å². The predicted octanol–water partition coefficient (Wildman–Crippen LogP) is 2.23. The molecule has 1 fully saturated rings. The van der Waals surface area contributed by atoms with Gasteiger partial charge in [0.25, 0.3) is 0 Å². The second-order valence-corrected chi connectivity index (χ2v) is 3.56. The lowest BCUT2D eigenvalue weighted by molar-refractivity contribution is -0.0679. The molecular formula is C7H11ClO3. The lowest BCUT2D eigenvalue weighted by Crippen LogP contribution is -2.48. The van der Waals surface area contributed by atoms with Gasteiger partial charge in [0.15, 0.2) is 0 Å². The first-order chi connectivity index (χ1) is 5.07. The van der Waals surface area contributed by atoms with E-state index in [-0.39, 0.29) is 5.38 Å². The van der Waals surface area contributed by atoms with Gasteiger partial charge in [-0.1, -0.05) is 0 Å². The molecular weight excluding hydrogens is 168 g/mol. The zero-order valence-corrected chi connectivity index (χ0v) is 7.10. The lowest BCUT2D eigenvalue weighted by atomic mass is 9.78. The van der Waals surface area contributed by atoms with E-state index in [0.717, 1.165) is 19.3 Å². The van der Waals surface area contributed by atoms with E-state index < -0.39 is 11.8 Å². The molecule has 0 heterocycles. The van der Waals surface area contributed by atoms with Crippen LogP contribution < -0.4 is 0 Å². The Hall–Kier alpha value is -0.440. The molecule has 0 spiro atoms. The summed E-state index contributed by atoms with van der Waals surface area (Å²) in [5, 5.41) is 8.15. The van der Waals surface area contributed by atoms with Crippen molar-refractivity contribution in [3.8, 4) is 0 Å². The van der Waals surface area contributed by atoms with Crippen molar-refractivity contribution in [2.24, 2.45) is 0 Å². The number of halogens is 1. The molecule has 0 aromatic rings. The summed E-state index contributed by atoms with van der Waals surface area (Å²) >= 11 is 5.79. The van der Waals surface area contributed by atoms with Crippen LogP contribution in [0.25, 0.3) is 0 Å². The molecule has 1 N–H and O–H groups in total. The second kappa shape index (κ2) is 2.89. The molecule has 0 saturated heterocycles. The number of carbonyl (C=O) groups is 1. The smallest absolute Gasteiger partial charge is 0.450 e. The van der Waals surface area contributed by atoms with E-state index in [1.54, 1.807) is 6.92 Å². The number of hydrogen-bond acceptors (Lipinski definition) is 2. The van der Waals surface area contributed by atoms with Crippen LogP contribution in [-0.2, 0) is 4.74 Å². The number of rotatable bonds is 2. The maximum Gasteiger partial charge on any atom is 0.506 e. The number of alkyl halides is 1. The van der Waals surface area contributed by atoms with Crippen molar-refractivity contribution in [2.75, 3.05) is 0 Å². The Bertz CT molecular complexity index is 163. The van der Waals surface area contributed by atoms with Crippen LogP contribution >= 0.6 is 11.6 Å². The molecule has 11 heavy (non-hydrogen) atoms. The third-order valence-electron chi connectivity index (χ3n) is 2.22. The van der Waals surface area contributed by atoms with Crippen LogP contribution in [0.5, 0.6) is 0 Å². The van der Waals surface area contributed by atoms with Gasteiger partial charge in [-0.05, 0) is 26.2 Å². The van der Waals surface area contributed by atoms with Crippen molar-refractivity contribution in [3.63, 3.8) is 0 Å². The maximum atomic E-state index is 10.2. The average molecular weight is 179 g/mol. The molecule has 3 nitrogen and oxygen atoms in total.